The molecule has 274 valence electrons. The number of amides is 1. The standard InChI is InChI=1S/C38H40F6N2O5/c1-20(2)30-14-22(34(47)50-7)8-9-28(30)24-15-31(33(49-6)45-18-24)29-10-11-36(4,5)17-25(29)19-46-21(3)32(51-35(46)48)23-12-26(37(39,40)41)16-27(13-23)38(42,43)44/h8-9,12-16,18,20-21,32H,10-11,17,19H2,1-7H3/t21-,32-/m0/s1. The van der Waals surface area contributed by atoms with Gasteiger partial charge < -0.3 is 14.2 Å². The van der Waals surface area contributed by atoms with Crippen LogP contribution < -0.4 is 4.74 Å². The highest BCUT2D eigenvalue weighted by atomic mass is 19.4. The van der Waals surface area contributed by atoms with Gasteiger partial charge in [-0.3, -0.25) is 4.90 Å². The quantitative estimate of drug-likeness (QED) is 0.170. The van der Waals surface area contributed by atoms with Crippen molar-refractivity contribution < 1.29 is 50.1 Å². The zero-order valence-corrected chi connectivity index (χ0v) is 29.4. The predicted molar refractivity (Wildman–Crippen MR) is 178 cm³/mol. The number of halogens is 6. The normalized spacial score (nSPS) is 19.4. The largest absolute Gasteiger partial charge is 0.481 e. The molecule has 7 nitrogen and oxygen atoms in total. The number of alkyl halides is 6. The van der Waals surface area contributed by atoms with Crippen LogP contribution in [0, 0.1) is 5.41 Å². The maximum atomic E-state index is 13.7. The minimum Gasteiger partial charge on any atom is -0.481 e. The van der Waals surface area contributed by atoms with Crippen molar-refractivity contribution in [3.8, 4) is 17.0 Å². The summed E-state index contributed by atoms with van der Waals surface area (Å²) >= 11 is 0. The van der Waals surface area contributed by atoms with E-state index in [0.717, 1.165) is 34.3 Å². The molecule has 2 atom stereocenters. The van der Waals surface area contributed by atoms with E-state index in [1.807, 2.05) is 26.0 Å². The van der Waals surface area contributed by atoms with Gasteiger partial charge in [-0.2, -0.15) is 26.3 Å². The smallest absolute Gasteiger partial charge is 0.416 e. The number of hydrogen-bond donors (Lipinski definition) is 0. The predicted octanol–water partition coefficient (Wildman–Crippen LogP) is 10.3. The minimum absolute atomic E-state index is 0.0266. The Labute approximate surface area is 292 Å². The lowest BCUT2D eigenvalue weighted by atomic mass is 9.72. The Bertz CT molecular complexity index is 1830. The number of nitrogens with zero attached hydrogens (tertiary/aromatic N) is 2. The van der Waals surface area contributed by atoms with Crippen molar-refractivity contribution in [1.82, 2.24) is 9.88 Å². The number of hydrogen-bond acceptors (Lipinski definition) is 6. The van der Waals surface area contributed by atoms with Gasteiger partial charge in [-0.15, -0.1) is 0 Å². The second-order valence-corrected chi connectivity index (χ2v) is 14.2. The molecule has 0 spiro atoms. The summed E-state index contributed by atoms with van der Waals surface area (Å²) in [6.45, 7) is 9.76. The number of aromatic nitrogens is 1. The zero-order valence-electron chi connectivity index (χ0n) is 29.4. The van der Waals surface area contributed by atoms with E-state index in [4.69, 9.17) is 14.2 Å². The first-order valence-corrected chi connectivity index (χ1v) is 16.5. The molecular formula is C38H40F6N2O5. The average Bonchev–Trinajstić information content (AvgIpc) is 3.34. The van der Waals surface area contributed by atoms with E-state index in [1.165, 1.54) is 19.1 Å². The highest BCUT2D eigenvalue weighted by Crippen LogP contribution is 2.47. The molecule has 51 heavy (non-hydrogen) atoms. The maximum absolute atomic E-state index is 13.7. The zero-order chi connectivity index (χ0) is 37.6. The molecule has 1 aromatic heterocycles. The van der Waals surface area contributed by atoms with Gasteiger partial charge in [0.1, 0.15) is 6.10 Å². The molecule has 2 aliphatic rings. The summed E-state index contributed by atoms with van der Waals surface area (Å²) in [5, 5.41) is 0. The Balaban J connectivity index is 1.57. The Morgan fingerprint density at radius 3 is 2.22 bits per heavy atom. The van der Waals surface area contributed by atoms with Gasteiger partial charge in [-0.25, -0.2) is 14.6 Å². The van der Waals surface area contributed by atoms with Gasteiger partial charge in [-0.05, 0) is 102 Å². The second kappa shape index (κ2) is 13.9. The number of esters is 1. The third kappa shape index (κ3) is 7.86. The monoisotopic (exact) mass is 718 g/mol. The molecule has 0 saturated carbocycles. The molecule has 1 aliphatic heterocycles. The highest BCUT2D eigenvalue weighted by Gasteiger charge is 2.44. The fourth-order valence-corrected chi connectivity index (χ4v) is 6.92. The lowest BCUT2D eigenvalue weighted by Gasteiger charge is -2.35. The molecule has 1 aliphatic carbocycles. The van der Waals surface area contributed by atoms with Crippen LogP contribution in [0.4, 0.5) is 31.1 Å². The summed E-state index contributed by atoms with van der Waals surface area (Å²) in [7, 11) is 2.82. The Kier molecular flexibility index (Phi) is 10.3. The fraction of sp³-hybridized carbons (Fsp3) is 0.447. The van der Waals surface area contributed by atoms with Crippen LogP contribution >= 0.6 is 0 Å². The Morgan fingerprint density at radius 1 is 1.00 bits per heavy atom. The van der Waals surface area contributed by atoms with Crippen molar-refractivity contribution in [2.75, 3.05) is 20.8 Å². The Hall–Kier alpha value is -4.55. The van der Waals surface area contributed by atoms with Crippen molar-refractivity contribution in [2.24, 2.45) is 5.41 Å². The molecular weight excluding hydrogens is 678 g/mol. The van der Waals surface area contributed by atoms with E-state index in [2.05, 4.69) is 18.8 Å². The molecule has 3 aromatic rings. The number of methoxy groups -OCH3 is 2. The van der Waals surface area contributed by atoms with Crippen LogP contribution in [0.1, 0.15) is 104 Å². The lowest BCUT2D eigenvalue weighted by molar-refractivity contribution is -0.143. The first-order valence-electron chi connectivity index (χ1n) is 16.5. The van der Waals surface area contributed by atoms with E-state index in [0.29, 0.717) is 42.0 Å². The summed E-state index contributed by atoms with van der Waals surface area (Å²) in [5.74, 6) is -0.0655. The molecule has 2 aromatic carbocycles. The first kappa shape index (κ1) is 37.7. The van der Waals surface area contributed by atoms with E-state index in [1.54, 1.807) is 25.3 Å². The van der Waals surface area contributed by atoms with Crippen LogP contribution in [0.3, 0.4) is 0 Å². The van der Waals surface area contributed by atoms with Gasteiger partial charge in [0.15, 0.2) is 0 Å². The van der Waals surface area contributed by atoms with Gasteiger partial charge in [0, 0.05) is 23.9 Å². The van der Waals surface area contributed by atoms with Gasteiger partial charge in [0.25, 0.3) is 0 Å². The fourth-order valence-electron chi connectivity index (χ4n) is 6.92. The molecule has 2 heterocycles. The second-order valence-electron chi connectivity index (χ2n) is 14.2. The highest BCUT2D eigenvalue weighted by molar-refractivity contribution is 5.91. The Morgan fingerprint density at radius 2 is 1.65 bits per heavy atom. The van der Waals surface area contributed by atoms with E-state index in [9.17, 15) is 35.9 Å². The molecule has 1 fully saturated rings. The molecule has 0 radical (unpaired) electrons. The SMILES string of the molecule is COC(=O)c1ccc(-c2cnc(OC)c(C3=C(CN4C(=O)O[C@H](c5cc(C(F)(F)F)cc(C(F)(F)F)c5)[C@@H]4C)CC(C)(C)CC3)c2)c(C(C)C)c1. The summed E-state index contributed by atoms with van der Waals surface area (Å²) < 4.78 is 98.1. The van der Waals surface area contributed by atoms with Crippen LogP contribution in [0.15, 0.2) is 54.2 Å². The van der Waals surface area contributed by atoms with E-state index in [-0.39, 0.29) is 23.9 Å². The molecule has 1 amide bonds. The lowest BCUT2D eigenvalue weighted by Crippen LogP contribution is -2.35. The summed E-state index contributed by atoms with van der Waals surface area (Å²) in [4.78, 5) is 31.6. The first-order chi connectivity index (χ1) is 23.7. The van der Waals surface area contributed by atoms with Crippen molar-refractivity contribution in [1.29, 1.82) is 0 Å². The maximum Gasteiger partial charge on any atom is 0.416 e. The van der Waals surface area contributed by atoms with Crippen LogP contribution in [0.5, 0.6) is 5.88 Å². The van der Waals surface area contributed by atoms with Crippen LogP contribution in [-0.2, 0) is 21.8 Å². The minimum atomic E-state index is -5.05. The summed E-state index contributed by atoms with van der Waals surface area (Å²) in [5.41, 5.74) is 1.81. The van der Waals surface area contributed by atoms with Gasteiger partial charge in [0.05, 0.1) is 37.0 Å². The van der Waals surface area contributed by atoms with E-state index >= 15 is 0 Å². The number of carbonyl (C=O) groups is 2. The molecule has 5 rings (SSSR count). The number of allylic oxidation sites excluding steroid dienone is 1. The van der Waals surface area contributed by atoms with Gasteiger partial charge in [-0.1, -0.05) is 33.8 Å². The number of ether oxygens (including phenoxy) is 3. The number of cyclic esters (lactones) is 1. The molecule has 1 saturated heterocycles. The number of carbonyl (C=O) groups excluding carboxylic acids is 2. The summed E-state index contributed by atoms with van der Waals surface area (Å²) in [6.07, 6.45) is -8.70. The van der Waals surface area contributed by atoms with Gasteiger partial charge in [0.2, 0.25) is 5.88 Å². The third-order valence-corrected chi connectivity index (χ3v) is 9.64. The molecule has 0 N–H and O–H groups in total. The van der Waals surface area contributed by atoms with Crippen molar-refractivity contribution in [3.05, 3.63) is 87.6 Å². The van der Waals surface area contributed by atoms with Crippen molar-refractivity contribution in [3.63, 3.8) is 0 Å². The summed E-state index contributed by atoms with van der Waals surface area (Å²) in [6, 6.07) is 7.64. The average molecular weight is 719 g/mol. The number of benzene rings is 2. The van der Waals surface area contributed by atoms with Crippen LogP contribution in [0.25, 0.3) is 16.7 Å². The van der Waals surface area contributed by atoms with Gasteiger partial charge >= 0.3 is 24.4 Å². The number of rotatable bonds is 8. The van der Waals surface area contributed by atoms with Crippen molar-refractivity contribution in [2.45, 2.75) is 84.3 Å². The number of pyridine rings is 1. The molecule has 0 bridgehead atoms. The van der Waals surface area contributed by atoms with E-state index < -0.39 is 53.3 Å². The third-order valence-electron chi connectivity index (χ3n) is 9.64. The topological polar surface area (TPSA) is 78.0 Å². The van der Waals surface area contributed by atoms with Crippen LogP contribution in [-0.4, -0.2) is 48.8 Å². The van der Waals surface area contributed by atoms with Crippen LogP contribution in [0.2, 0.25) is 0 Å². The molecule has 13 heteroatoms. The molecule has 0 unspecified atom stereocenters. The van der Waals surface area contributed by atoms with Crippen molar-refractivity contribution >= 4 is 17.6 Å².